The van der Waals surface area contributed by atoms with Gasteiger partial charge in [-0.25, -0.2) is 8.42 Å². The lowest BCUT2D eigenvalue weighted by Gasteiger charge is -2.08. The van der Waals surface area contributed by atoms with Crippen molar-refractivity contribution in [2.24, 2.45) is 5.73 Å². The molecule has 3 N–H and O–H groups in total. The zero-order chi connectivity index (χ0) is 14.8. The van der Waals surface area contributed by atoms with Crippen LogP contribution in [-0.2, 0) is 16.6 Å². The van der Waals surface area contributed by atoms with E-state index in [1.54, 1.807) is 12.1 Å². The summed E-state index contributed by atoms with van der Waals surface area (Å²) in [6.07, 6.45) is 2.70. The first-order valence-electron chi connectivity index (χ1n) is 5.63. The van der Waals surface area contributed by atoms with E-state index >= 15 is 0 Å². The molecule has 0 aliphatic carbocycles. The highest BCUT2D eigenvalue weighted by Crippen LogP contribution is 2.28. The first kappa shape index (κ1) is 15.3. The smallest absolute Gasteiger partial charge is 0.265 e. The average Bonchev–Trinajstić information content (AvgIpc) is 2.83. The predicted molar refractivity (Wildman–Crippen MR) is 81.2 cm³/mol. The van der Waals surface area contributed by atoms with Crippen LogP contribution in [0.5, 0.6) is 0 Å². The molecule has 108 valence electrons. The SMILES string of the molecule is NCCn1cc(S(=O)(=O)Nc2cc(Cl)ccc2Br)cn1. The molecule has 20 heavy (non-hydrogen) atoms. The predicted octanol–water partition coefficient (Wildman–Crippen LogP) is 2.06. The van der Waals surface area contributed by atoms with Crippen molar-refractivity contribution in [2.45, 2.75) is 11.4 Å². The Morgan fingerprint density at radius 1 is 1.45 bits per heavy atom. The Balaban J connectivity index is 2.28. The summed E-state index contributed by atoms with van der Waals surface area (Å²) in [5.74, 6) is 0. The summed E-state index contributed by atoms with van der Waals surface area (Å²) in [6.45, 7) is 0.838. The molecule has 1 aromatic carbocycles. The number of sulfonamides is 1. The summed E-state index contributed by atoms with van der Waals surface area (Å²) < 4.78 is 29.0. The van der Waals surface area contributed by atoms with Gasteiger partial charge in [-0.1, -0.05) is 11.6 Å². The Hall–Kier alpha value is -1.09. The maximum absolute atomic E-state index is 12.2. The number of halogens is 2. The molecule has 0 saturated heterocycles. The van der Waals surface area contributed by atoms with Gasteiger partial charge in [-0.15, -0.1) is 0 Å². The Bertz CT molecular complexity index is 717. The number of nitrogens with zero attached hydrogens (tertiary/aromatic N) is 2. The molecule has 0 unspecified atom stereocenters. The lowest BCUT2D eigenvalue weighted by atomic mass is 10.3. The van der Waals surface area contributed by atoms with E-state index in [9.17, 15) is 8.42 Å². The maximum Gasteiger partial charge on any atom is 0.265 e. The minimum Gasteiger partial charge on any atom is -0.329 e. The van der Waals surface area contributed by atoms with Crippen molar-refractivity contribution in [3.05, 3.63) is 40.1 Å². The molecule has 0 saturated carbocycles. The molecular weight excluding hydrogens is 368 g/mol. The van der Waals surface area contributed by atoms with E-state index in [2.05, 4.69) is 25.8 Å². The van der Waals surface area contributed by atoms with Crippen LogP contribution in [0.15, 0.2) is 40.0 Å². The molecule has 0 aliphatic rings. The maximum atomic E-state index is 12.2. The molecule has 1 aromatic heterocycles. The number of aromatic nitrogens is 2. The third kappa shape index (κ3) is 3.51. The summed E-state index contributed by atoms with van der Waals surface area (Å²) in [7, 11) is -3.71. The van der Waals surface area contributed by atoms with Crippen LogP contribution in [0.3, 0.4) is 0 Å². The zero-order valence-electron chi connectivity index (χ0n) is 10.3. The topological polar surface area (TPSA) is 90.0 Å². The highest BCUT2D eigenvalue weighted by Gasteiger charge is 2.18. The van der Waals surface area contributed by atoms with E-state index in [-0.39, 0.29) is 4.90 Å². The number of nitrogens with two attached hydrogens (primary N) is 1. The Kier molecular flexibility index (Phi) is 4.69. The average molecular weight is 380 g/mol. The number of benzene rings is 1. The van der Waals surface area contributed by atoms with Crippen LogP contribution in [0.4, 0.5) is 5.69 Å². The van der Waals surface area contributed by atoms with Crippen LogP contribution in [0.1, 0.15) is 0 Å². The summed E-state index contributed by atoms with van der Waals surface area (Å²) in [5, 5.41) is 4.37. The molecule has 0 radical (unpaired) electrons. The van der Waals surface area contributed by atoms with Crippen LogP contribution in [0, 0.1) is 0 Å². The Morgan fingerprint density at radius 2 is 2.20 bits per heavy atom. The molecule has 0 aliphatic heterocycles. The monoisotopic (exact) mass is 378 g/mol. The van der Waals surface area contributed by atoms with Gasteiger partial charge in [0, 0.05) is 22.2 Å². The van der Waals surface area contributed by atoms with Crippen LogP contribution in [0.25, 0.3) is 0 Å². The van der Waals surface area contributed by atoms with E-state index in [1.807, 2.05) is 0 Å². The first-order chi connectivity index (χ1) is 9.42. The summed E-state index contributed by atoms with van der Waals surface area (Å²) in [5.41, 5.74) is 5.76. The minimum absolute atomic E-state index is 0.0674. The van der Waals surface area contributed by atoms with Gasteiger partial charge < -0.3 is 5.73 Å². The van der Waals surface area contributed by atoms with E-state index in [0.717, 1.165) is 0 Å². The third-order valence-corrected chi connectivity index (χ3v) is 4.70. The number of nitrogens with one attached hydrogen (secondary N) is 1. The highest BCUT2D eigenvalue weighted by molar-refractivity contribution is 9.10. The van der Waals surface area contributed by atoms with E-state index in [1.165, 1.54) is 23.1 Å². The van der Waals surface area contributed by atoms with Gasteiger partial charge in [0.2, 0.25) is 0 Å². The number of rotatable bonds is 5. The lowest BCUT2D eigenvalue weighted by Crippen LogP contribution is -2.13. The molecule has 6 nitrogen and oxygen atoms in total. The van der Waals surface area contributed by atoms with Gasteiger partial charge >= 0.3 is 0 Å². The molecule has 2 aromatic rings. The highest BCUT2D eigenvalue weighted by atomic mass is 79.9. The second kappa shape index (κ2) is 6.13. The normalized spacial score (nSPS) is 11.6. The lowest BCUT2D eigenvalue weighted by molar-refractivity contribution is 0.599. The number of hydrogen-bond donors (Lipinski definition) is 2. The minimum atomic E-state index is -3.71. The van der Waals surface area contributed by atoms with Crippen molar-refractivity contribution in [2.75, 3.05) is 11.3 Å². The fourth-order valence-corrected chi connectivity index (χ4v) is 3.19. The fourth-order valence-electron chi connectivity index (χ4n) is 1.52. The van der Waals surface area contributed by atoms with Gasteiger partial charge in [-0.3, -0.25) is 9.40 Å². The van der Waals surface area contributed by atoms with Crippen LogP contribution in [0.2, 0.25) is 5.02 Å². The molecule has 9 heteroatoms. The van der Waals surface area contributed by atoms with Crippen molar-refractivity contribution in [1.29, 1.82) is 0 Å². The molecule has 0 amide bonds. The van der Waals surface area contributed by atoms with Crippen LogP contribution >= 0.6 is 27.5 Å². The van der Waals surface area contributed by atoms with Gasteiger partial charge in [0.25, 0.3) is 10.0 Å². The van der Waals surface area contributed by atoms with Crippen LogP contribution < -0.4 is 10.5 Å². The van der Waals surface area contributed by atoms with Crippen molar-refractivity contribution >= 4 is 43.2 Å². The van der Waals surface area contributed by atoms with E-state index in [4.69, 9.17) is 17.3 Å². The second-order valence-electron chi connectivity index (χ2n) is 3.96. The van der Waals surface area contributed by atoms with Gasteiger partial charge in [-0.05, 0) is 34.1 Å². The third-order valence-electron chi connectivity index (χ3n) is 2.45. The fraction of sp³-hybridized carbons (Fsp3) is 0.182. The van der Waals surface area contributed by atoms with Crippen molar-refractivity contribution in [3.63, 3.8) is 0 Å². The molecule has 2 rings (SSSR count). The van der Waals surface area contributed by atoms with Gasteiger partial charge in [0.05, 0.1) is 18.4 Å². The van der Waals surface area contributed by atoms with E-state index < -0.39 is 10.0 Å². The molecule has 0 fully saturated rings. The Labute approximate surface area is 130 Å². The molecule has 0 spiro atoms. The number of anilines is 1. The molecule has 0 atom stereocenters. The van der Waals surface area contributed by atoms with Crippen molar-refractivity contribution in [3.8, 4) is 0 Å². The standard InChI is InChI=1S/C11H12BrClN4O2S/c12-10-2-1-8(13)5-11(10)16-20(18,19)9-6-15-17(7-9)4-3-14/h1-2,5-7,16H,3-4,14H2. The molecule has 1 heterocycles. The van der Waals surface area contributed by atoms with Crippen LogP contribution in [-0.4, -0.2) is 24.7 Å². The number of hydrogen-bond acceptors (Lipinski definition) is 4. The zero-order valence-corrected chi connectivity index (χ0v) is 13.4. The first-order valence-corrected chi connectivity index (χ1v) is 8.28. The van der Waals surface area contributed by atoms with E-state index in [0.29, 0.717) is 28.3 Å². The quantitative estimate of drug-likeness (QED) is 0.832. The second-order valence-corrected chi connectivity index (χ2v) is 6.93. The van der Waals surface area contributed by atoms with Crippen molar-refractivity contribution < 1.29 is 8.42 Å². The molecular formula is C11H12BrClN4O2S. The van der Waals surface area contributed by atoms with Gasteiger partial charge in [0.1, 0.15) is 4.90 Å². The molecule has 0 bridgehead atoms. The Morgan fingerprint density at radius 3 is 2.90 bits per heavy atom. The van der Waals surface area contributed by atoms with Crippen molar-refractivity contribution in [1.82, 2.24) is 9.78 Å². The largest absolute Gasteiger partial charge is 0.329 e. The summed E-state index contributed by atoms with van der Waals surface area (Å²) >= 11 is 9.11. The van der Waals surface area contributed by atoms with Gasteiger partial charge in [0.15, 0.2) is 0 Å². The summed E-state index contributed by atoms with van der Waals surface area (Å²) in [6, 6.07) is 4.84. The van der Waals surface area contributed by atoms with Gasteiger partial charge in [-0.2, -0.15) is 5.10 Å². The summed E-state index contributed by atoms with van der Waals surface area (Å²) in [4.78, 5) is 0.0674.